The molecule has 0 amide bonds. The number of hydrogen-bond donors (Lipinski definition) is 2. The molecule has 2 aliphatic heterocycles. The number of hydrogen-bond acceptors (Lipinski definition) is 4. The highest BCUT2D eigenvalue weighted by atomic mass is 16.5. The molecule has 0 aliphatic carbocycles. The van der Waals surface area contributed by atoms with Crippen molar-refractivity contribution in [3.05, 3.63) is 18.0 Å². The lowest BCUT2D eigenvalue weighted by molar-refractivity contribution is -0.0824. The topological polar surface area (TPSA) is 61.4 Å². The maximum Gasteiger partial charge on any atom is 0.0817 e. The first-order chi connectivity index (χ1) is 9.25. The first-order valence-electron chi connectivity index (χ1n) is 7.27. The fraction of sp³-hybridized carbons (Fsp3) is 0.786. The molecule has 0 saturated carbocycles. The Morgan fingerprint density at radius 3 is 3.05 bits per heavy atom. The molecule has 1 aromatic heterocycles. The lowest BCUT2D eigenvalue weighted by Gasteiger charge is -2.40. The molecule has 5 heteroatoms. The Morgan fingerprint density at radius 1 is 1.47 bits per heavy atom. The molecule has 1 aromatic rings. The summed E-state index contributed by atoms with van der Waals surface area (Å²) in [6.07, 6.45) is 5.74. The Balaban J connectivity index is 1.59. The van der Waals surface area contributed by atoms with Gasteiger partial charge in [0, 0.05) is 57.0 Å². The maximum atomic E-state index is 10.6. The molecular formula is C14H23N3O2. The standard InChI is InChI=1S/C14H23N3O2/c18-14(4-8-19-9-5-14)11-17-7-1-2-12(10-17)13-3-6-15-16-13/h3,6,12,18H,1-2,4-5,7-11H2,(H,15,16). The number of rotatable bonds is 3. The molecule has 0 spiro atoms. The third kappa shape index (κ3) is 3.16. The largest absolute Gasteiger partial charge is 0.388 e. The normalized spacial score (nSPS) is 28.4. The maximum absolute atomic E-state index is 10.6. The minimum Gasteiger partial charge on any atom is -0.388 e. The second kappa shape index (κ2) is 5.61. The van der Waals surface area contributed by atoms with Gasteiger partial charge in [-0.2, -0.15) is 5.10 Å². The van der Waals surface area contributed by atoms with Crippen molar-refractivity contribution >= 4 is 0 Å². The van der Waals surface area contributed by atoms with E-state index in [0.29, 0.717) is 19.1 Å². The highest BCUT2D eigenvalue weighted by Gasteiger charge is 2.33. The zero-order valence-corrected chi connectivity index (χ0v) is 11.3. The van der Waals surface area contributed by atoms with Crippen LogP contribution in [-0.2, 0) is 4.74 Å². The lowest BCUT2D eigenvalue weighted by atomic mass is 9.90. The number of nitrogens with one attached hydrogen (secondary N) is 1. The van der Waals surface area contributed by atoms with Crippen LogP contribution in [0.3, 0.4) is 0 Å². The van der Waals surface area contributed by atoms with E-state index in [1.165, 1.54) is 18.5 Å². The fourth-order valence-corrected chi connectivity index (χ4v) is 3.27. The summed E-state index contributed by atoms with van der Waals surface area (Å²) in [5.41, 5.74) is 0.678. The van der Waals surface area contributed by atoms with E-state index in [4.69, 9.17) is 4.74 Å². The van der Waals surface area contributed by atoms with Gasteiger partial charge in [-0.15, -0.1) is 0 Å². The Kier molecular flexibility index (Phi) is 3.86. The van der Waals surface area contributed by atoms with E-state index < -0.39 is 5.60 Å². The second-order valence-corrected chi connectivity index (χ2v) is 5.92. The zero-order valence-electron chi connectivity index (χ0n) is 11.3. The minimum atomic E-state index is -0.547. The first kappa shape index (κ1) is 13.1. The summed E-state index contributed by atoms with van der Waals surface area (Å²) < 4.78 is 5.34. The van der Waals surface area contributed by atoms with Gasteiger partial charge in [0.15, 0.2) is 0 Å². The van der Waals surface area contributed by atoms with Gasteiger partial charge >= 0.3 is 0 Å². The summed E-state index contributed by atoms with van der Waals surface area (Å²) in [6, 6.07) is 2.07. The van der Waals surface area contributed by atoms with Crippen LogP contribution in [0.4, 0.5) is 0 Å². The number of aromatic nitrogens is 2. The fourth-order valence-electron chi connectivity index (χ4n) is 3.27. The van der Waals surface area contributed by atoms with Gasteiger partial charge in [-0.05, 0) is 25.5 Å². The van der Waals surface area contributed by atoms with Crippen LogP contribution in [0.1, 0.15) is 37.3 Å². The van der Waals surface area contributed by atoms with Crippen molar-refractivity contribution in [3.63, 3.8) is 0 Å². The van der Waals surface area contributed by atoms with Crippen LogP contribution in [0, 0.1) is 0 Å². The van der Waals surface area contributed by atoms with E-state index in [1.54, 1.807) is 0 Å². The van der Waals surface area contributed by atoms with Crippen molar-refractivity contribution < 1.29 is 9.84 Å². The number of ether oxygens (including phenoxy) is 1. The molecule has 5 nitrogen and oxygen atoms in total. The molecule has 106 valence electrons. The van der Waals surface area contributed by atoms with Crippen molar-refractivity contribution in [3.8, 4) is 0 Å². The number of nitrogens with zero attached hydrogens (tertiary/aromatic N) is 2. The van der Waals surface area contributed by atoms with Crippen LogP contribution in [0.15, 0.2) is 12.3 Å². The van der Waals surface area contributed by atoms with Gasteiger partial charge in [0.25, 0.3) is 0 Å². The number of aliphatic hydroxyl groups is 1. The van der Waals surface area contributed by atoms with Crippen LogP contribution < -0.4 is 0 Å². The molecule has 2 fully saturated rings. The van der Waals surface area contributed by atoms with Crippen molar-refractivity contribution in [2.24, 2.45) is 0 Å². The molecule has 2 aliphatic rings. The van der Waals surface area contributed by atoms with Crippen LogP contribution >= 0.6 is 0 Å². The van der Waals surface area contributed by atoms with Crippen LogP contribution in [-0.4, -0.2) is 58.7 Å². The number of β-amino-alcohol motifs (C(OH)–C–C–N with tert-alkyl or cyclic N) is 1. The van der Waals surface area contributed by atoms with Gasteiger partial charge in [-0.3, -0.25) is 10.00 Å². The molecule has 1 unspecified atom stereocenters. The SMILES string of the molecule is OC1(CN2CCCC(c3ccn[nH]3)C2)CCOCC1. The van der Waals surface area contributed by atoms with Crippen molar-refractivity contribution in [2.75, 3.05) is 32.8 Å². The molecule has 0 bridgehead atoms. The van der Waals surface area contributed by atoms with Gasteiger partial charge in [-0.1, -0.05) is 0 Å². The van der Waals surface area contributed by atoms with E-state index in [1.807, 2.05) is 6.20 Å². The number of aromatic amines is 1. The van der Waals surface area contributed by atoms with Gasteiger partial charge in [-0.25, -0.2) is 0 Å². The number of H-pyrrole nitrogens is 1. The van der Waals surface area contributed by atoms with Crippen LogP contribution in [0.2, 0.25) is 0 Å². The van der Waals surface area contributed by atoms with E-state index >= 15 is 0 Å². The Morgan fingerprint density at radius 2 is 2.32 bits per heavy atom. The molecular weight excluding hydrogens is 242 g/mol. The Hall–Kier alpha value is -0.910. The summed E-state index contributed by atoms with van der Waals surface area (Å²) in [5.74, 6) is 0.527. The quantitative estimate of drug-likeness (QED) is 0.860. The Bertz CT molecular complexity index is 387. The number of piperidine rings is 1. The summed E-state index contributed by atoms with van der Waals surface area (Å²) in [6.45, 7) is 4.27. The smallest absolute Gasteiger partial charge is 0.0817 e. The van der Waals surface area contributed by atoms with Crippen LogP contribution in [0.5, 0.6) is 0 Å². The summed E-state index contributed by atoms with van der Waals surface area (Å²) >= 11 is 0. The van der Waals surface area contributed by atoms with Gasteiger partial charge < -0.3 is 9.84 Å². The predicted molar refractivity (Wildman–Crippen MR) is 72.0 cm³/mol. The first-order valence-corrected chi connectivity index (χ1v) is 7.27. The third-order valence-corrected chi connectivity index (χ3v) is 4.41. The molecule has 2 saturated heterocycles. The highest BCUT2D eigenvalue weighted by Crippen LogP contribution is 2.28. The summed E-state index contributed by atoms with van der Waals surface area (Å²) in [5, 5.41) is 17.7. The highest BCUT2D eigenvalue weighted by molar-refractivity contribution is 5.07. The van der Waals surface area contributed by atoms with Crippen molar-refractivity contribution in [2.45, 2.75) is 37.2 Å². The van der Waals surface area contributed by atoms with E-state index in [2.05, 4.69) is 21.2 Å². The van der Waals surface area contributed by atoms with E-state index in [-0.39, 0.29) is 0 Å². The Labute approximate surface area is 113 Å². The summed E-state index contributed by atoms with van der Waals surface area (Å²) in [7, 11) is 0. The average molecular weight is 265 g/mol. The monoisotopic (exact) mass is 265 g/mol. The van der Waals surface area contributed by atoms with Gasteiger partial charge in [0.1, 0.15) is 0 Å². The van der Waals surface area contributed by atoms with Crippen LogP contribution in [0.25, 0.3) is 0 Å². The van der Waals surface area contributed by atoms with E-state index in [0.717, 1.165) is 32.5 Å². The molecule has 19 heavy (non-hydrogen) atoms. The second-order valence-electron chi connectivity index (χ2n) is 5.92. The molecule has 3 rings (SSSR count). The molecule has 1 atom stereocenters. The molecule has 2 N–H and O–H groups in total. The molecule has 0 radical (unpaired) electrons. The molecule has 3 heterocycles. The van der Waals surface area contributed by atoms with Crippen molar-refractivity contribution in [1.29, 1.82) is 0 Å². The lowest BCUT2D eigenvalue weighted by Crippen LogP contribution is -2.49. The van der Waals surface area contributed by atoms with Crippen molar-refractivity contribution in [1.82, 2.24) is 15.1 Å². The molecule has 0 aromatic carbocycles. The zero-order chi connectivity index (χ0) is 13.1. The summed E-state index contributed by atoms with van der Waals surface area (Å²) in [4.78, 5) is 2.40. The minimum absolute atomic E-state index is 0.527. The van der Waals surface area contributed by atoms with Gasteiger partial charge in [0.05, 0.1) is 5.60 Å². The van der Waals surface area contributed by atoms with Gasteiger partial charge in [0.2, 0.25) is 0 Å². The average Bonchev–Trinajstić information content (AvgIpc) is 2.93. The third-order valence-electron chi connectivity index (χ3n) is 4.41. The van der Waals surface area contributed by atoms with E-state index in [9.17, 15) is 5.11 Å². The number of likely N-dealkylation sites (tertiary alicyclic amines) is 1. The predicted octanol–water partition coefficient (Wildman–Crippen LogP) is 1.13.